The number of hydrogen-bond donors (Lipinski definition) is 4. The SMILES string of the molecule is CC[C@H](C)[C@@H]([C@@H](CC(=O)N1CCC[C@H]1[C@H](OC)[C@@H](C)C(=O)N[C@@H](Cc1c[nH]c2ccccc12)C(=O)N1CCCCO1)OC)N(C)[C@H](C(=O)NC(=O)[C@H]([C@@H](C)O)N(C)CCCCCC(=O)ON1C(=O)CCC1=O)C(C)C. The fourth-order valence-corrected chi connectivity index (χ4v) is 11.1. The Balaban J connectivity index is 1.22. The number of ether oxygens (including phenoxy) is 2. The van der Waals surface area contributed by atoms with Gasteiger partial charge in [-0.2, -0.15) is 0 Å². The zero-order valence-corrected chi connectivity index (χ0v) is 45.8. The van der Waals surface area contributed by atoms with Gasteiger partial charge in [-0.3, -0.25) is 53.5 Å². The molecule has 1 aromatic carbocycles. The van der Waals surface area contributed by atoms with Crippen molar-refractivity contribution in [3.8, 4) is 0 Å². The number of imide groups is 2. The topological polar surface area (TPSA) is 250 Å². The zero-order chi connectivity index (χ0) is 55.1. The molecule has 0 saturated carbocycles. The lowest BCUT2D eigenvalue weighted by molar-refractivity contribution is -0.199. The van der Waals surface area contributed by atoms with Gasteiger partial charge in [0, 0.05) is 76.1 Å². The number of likely N-dealkylation sites (N-methyl/N-ethyl adjacent to an activating group) is 2. The highest BCUT2D eigenvalue weighted by Crippen LogP contribution is 2.31. The van der Waals surface area contributed by atoms with Crippen molar-refractivity contribution >= 4 is 58.2 Å². The molecule has 3 aliphatic heterocycles. The van der Waals surface area contributed by atoms with Crippen molar-refractivity contribution in [1.82, 2.24) is 40.4 Å². The summed E-state index contributed by atoms with van der Waals surface area (Å²) in [7, 11) is 6.53. The van der Waals surface area contributed by atoms with Gasteiger partial charge < -0.3 is 34.6 Å². The molecule has 4 heterocycles. The molecule has 3 saturated heterocycles. The number of methoxy groups -OCH3 is 2. The van der Waals surface area contributed by atoms with E-state index in [9.17, 15) is 43.5 Å². The number of unbranched alkanes of at least 4 members (excludes halogenated alkanes) is 2. The summed E-state index contributed by atoms with van der Waals surface area (Å²) in [6.45, 7) is 12.6. The maximum absolute atomic E-state index is 14.6. The monoisotopic (exact) mass is 1050 g/mol. The number of aliphatic hydroxyl groups excluding tert-OH is 1. The molecular weight excluding hydrogens is 969 g/mol. The Bertz CT molecular complexity index is 2250. The Morgan fingerprint density at radius 2 is 1.57 bits per heavy atom. The highest BCUT2D eigenvalue weighted by molar-refractivity contribution is 6.02. The number of H-pyrrole nitrogens is 1. The van der Waals surface area contributed by atoms with Crippen LogP contribution in [0.5, 0.6) is 0 Å². The van der Waals surface area contributed by atoms with E-state index in [1.165, 1.54) is 26.2 Å². The van der Waals surface area contributed by atoms with Crippen molar-refractivity contribution in [2.24, 2.45) is 17.8 Å². The van der Waals surface area contributed by atoms with Crippen LogP contribution in [0.25, 0.3) is 10.9 Å². The number of nitrogens with one attached hydrogen (secondary N) is 3. The van der Waals surface area contributed by atoms with Crippen molar-refractivity contribution in [3.05, 3.63) is 36.0 Å². The number of aliphatic hydroxyl groups is 1. The minimum absolute atomic E-state index is 0.00706. The van der Waals surface area contributed by atoms with Crippen LogP contribution >= 0.6 is 0 Å². The normalized spacial score (nSPS) is 20.0. The molecule has 0 bridgehead atoms. The lowest BCUT2D eigenvalue weighted by Crippen LogP contribution is -2.60. The summed E-state index contributed by atoms with van der Waals surface area (Å²) in [6, 6.07) is 3.99. The van der Waals surface area contributed by atoms with E-state index in [1.54, 1.807) is 30.8 Å². The largest absolute Gasteiger partial charge is 0.391 e. The molecule has 2 aromatic rings. The van der Waals surface area contributed by atoms with E-state index in [-0.39, 0.29) is 55.8 Å². The quantitative estimate of drug-likeness (QED) is 0.0702. The highest BCUT2D eigenvalue weighted by atomic mass is 16.7. The number of aromatic nitrogens is 1. The smallest absolute Gasteiger partial charge is 0.333 e. The third kappa shape index (κ3) is 15.7. The molecule has 3 fully saturated rings. The number of rotatable bonds is 28. The van der Waals surface area contributed by atoms with Gasteiger partial charge in [0.05, 0.1) is 49.3 Å². The Kier molecular flexibility index (Phi) is 23.2. The fourth-order valence-electron chi connectivity index (χ4n) is 11.1. The maximum atomic E-state index is 14.6. The summed E-state index contributed by atoms with van der Waals surface area (Å²) in [5.74, 6) is -5.11. The highest BCUT2D eigenvalue weighted by Gasteiger charge is 2.44. The van der Waals surface area contributed by atoms with Crippen molar-refractivity contribution in [1.29, 1.82) is 0 Å². The fraction of sp³-hybridized carbons (Fsp3) is 0.704. The molecule has 21 nitrogen and oxygen atoms in total. The number of nitrogens with zero attached hydrogens (tertiary/aromatic N) is 5. The Hall–Kier alpha value is -5.32. The maximum Gasteiger partial charge on any atom is 0.333 e. The predicted molar refractivity (Wildman–Crippen MR) is 277 cm³/mol. The van der Waals surface area contributed by atoms with Crippen LogP contribution in [0.3, 0.4) is 0 Å². The van der Waals surface area contributed by atoms with Gasteiger partial charge in [-0.05, 0) is 89.6 Å². The summed E-state index contributed by atoms with van der Waals surface area (Å²) >= 11 is 0. The minimum Gasteiger partial charge on any atom is -0.391 e. The Morgan fingerprint density at radius 1 is 0.880 bits per heavy atom. The van der Waals surface area contributed by atoms with E-state index in [0.717, 1.165) is 29.3 Å². The number of amides is 7. The van der Waals surface area contributed by atoms with Crippen LogP contribution in [0.2, 0.25) is 0 Å². The van der Waals surface area contributed by atoms with Crippen molar-refractivity contribution in [3.63, 3.8) is 0 Å². The molecule has 0 spiro atoms. The first-order valence-electron chi connectivity index (χ1n) is 26.9. The van der Waals surface area contributed by atoms with E-state index >= 15 is 0 Å². The van der Waals surface area contributed by atoms with E-state index in [1.807, 2.05) is 63.1 Å². The summed E-state index contributed by atoms with van der Waals surface area (Å²) in [5, 5.41) is 19.2. The lowest BCUT2D eigenvalue weighted by Gasteiger charge is -2.43. The molecule has 1 aromatic heterocycles. The van der Waals surface area contributed by atoms with Gasteiger partial charge in [0.15, 0.2) is 0 Å². The zero-order valence-electron chi connectivity index (χ0n) is 45.8. The molecule has 5 rings (SSSR count). The number of aromatic amines is 1. The predicted octanol–water partition coefficient (Wildman–Crippen LogP) is 3.66. The average molecular weight is 1050 g/mol. The van der Waals surface area contributed by atoms with E-state index < -0.39 is 89.9 Å². The molecule has 0 radical (unpaired) electrons. The minimum atomic E-state index is -1.15. The van der Waals surface area contributed by atoms with Crippen molar-refractivity contribution in [2.75, 3.05) is 54.6 Å². The van der Waals surface area contributed by atoms with Gasteiger partial charge in [0.1, 0.15) is 12.1 Å². The number of carbonyl (C=O) groups excluding carboxylic acids is 8. The summed E-state index contributed by atoms with van der Waals surface area (Å²) in [5.41, 5.74) is 1.79. The number of fused-ring (bicyclic) bond motifs is 1. The van der Waals surface area contributed by atoms with E-state index in [4.69, 9.17) is 19.1 Å². The molecule has 0 unspecified atom stereocenters. The second-order valence-corrected chi connectivity index (χ2v) is 21.0. The Labute approximate surface area is 441 Å². The van der Waals surface area contributed by atoms with Crippen molar-refractivity contribution < 1.29 is 62.6 Å². The molecule has 0 aliphatic carbocycles. The van der Waals surface area contributed by atoms with Crippen molar-refractivity contribution in [2.45, 2.75) is 174 Å². The third-order valence-corrected chi connectivity index (χ3v) is 15.3. The van der Waals surface area contributed by atoms with Gasteiger partial charge >= 0.3 is 5.97 Å². The first-order valence-corrected chi connectivity index (χ1v) is 26.9. The molecule has 10 atom stereocenters. The summed E-state index contributed by atoms with van der Waals surface area (Å²) < 4.78 is 12.2. The third-order valence-electron chi connectivity index (χ3n) is 15.3. The van der Waals surface area contributed by atoms with Crippen LogP contribution in [0, 0.1) is 17.8 Å². The van der Waals surface area contributed by atoms with Crippen LogP contribution in [-0.2, 0) is 63.9 Å². The molecule has 4 N–H and O–H groups in total. The lowest BCUT2D eigenvalue weighted by atomic mass is 9.87. The standard InChI is InChI=1S/C54H84N8O13/c1-11-34(4)48(59(8)47(33(2)3)52(69)57-53(70)49(36(6)63)58(7)26-16-12-13-23-46(67)75-62-43(64)24-25-44(62)65)42(72-9)31-45(66)60-27-19-22-41(60)50(73-10)35(5)51(68)56-40(54(71)61-28-17-18-29-74-61)30-37-32-55-39-21-15-14-20-38(37)39/h14-15,20-21,32-36,40-42,47-50,55,63H,11-13,16-19,22-31H2,1-10H3,(H,56,68)(H,57,69,70)/t34-,35+,36+,40-,41-,42+,47-,48-,49-,50+/m0/s1. The van der Waals surface area contributed by atoms with E-state index in [0.29, 0.717) is 69.8 Å². The number of hydroxylamine groups is 4. The number of benzene rings is 1. The van der Waals surface area contributed by atoms with Gasteiger partial charge in [-0.1, -0.05) is 65.7 Å². The van der Waals surface area contributed by atoms with Crippen LogP contribution < -0.4 is 10.6 Å². The first kappa shape index (κ1) is 60.5. The molecule has 21 heteroatoms. The second-order valence-electron chi connectivity index (χ2n) is 21.0. The summed E-state index contributed by atoms with van der Waals surface area (Å²) in [6.07, 6.45) is 4.54. The summed E-state index contributed by atoms with van der Waals surface area (Å²) in [4.78, 5) is 126. The van der Waals surface area contributed by atoms with Crippen LogP contribution in [0.15, 0.2) is 30.5 Å². The van der Waals surface area contributed by atoms with Gasteiger partial charge in [-0.25, -0.2) is 9.86 Å². The number of hydrogen-bond acceptors (Lipinski definition) is 15. The van der Waals surface area contributed by atoms with Gasteiger partial charge in [0.25, 0.3) is 17.7 Å². The average Bonchev–Trinajstić information content (AvgIpc) is 4.12. The number of carbonyl (C=O) groups is 8. The Morgan fingerprint density at radius 3 is 2.20 bits per heavy atom. The molecule has 3 aliphatic rings. The number of likely N-dealkylation sites (tertiary alicyclic amines) is 1. The van der Waals surface area contributed by atoms with Crippen LogP contribution in [0.1, 0.15) is 124 Å². The molecule has 7 amide bonds. The molecular formula is C54H84N8O13. The van der Waals surface area contributed by atoms with Gasteiger partial charge in [-0.15, -0.1) is 5.06 Å². The molecule has 75 heavy (non-hydrogen) atoms. The first-order chi connectivity index (χ1) is 35.7. The second kappa shape index (κ2) is 28.7. The van der Waals surface area contributed by atoms with Gasteiger partial charge in [0.2, 0.25) is 23.6 Å². The molecule has 418 valence electrons. The van der Waals surface area contributed by atoms with Crippen LogP contribution in [-0.4, -0.2) is 185 Å². The number of para-hydroxylation sites is 1. The van der Waals surface area contributed by atoms with Crippen LogP contribution in [0.4, 0.5) is 0 Å². The van der Waals surface area contributed by atoms with E-state index in [2.05, 4.69) is 15.6 Å².